The second kappa shape index (κ2) is 14.5. The summed E-state index contributed by atoms with van der Waals surface area (Å²) in [6, 6.07) is 67.1. The highest BCUT2D eigenvalue weighted by atomic mass is 16.5. The Morgan fingerprint density at radius 2 is 1.04 bits per heavy atom. The van der Waals surface area contributed by atoms with E-state index in [1.807, 2.05) is 0 Å². The lowest BCUT2D eigenvalue weighted by Crippen LogP contribution is -2.59. The Morgan fingerprint density at radius 3 is 1.65 bits per heavy atom. The van der Waals surface area contributed by atoms with Crippen LogP contribution in [-0.4, -0.2) is 15.8 Å². The second-order valence-corrected chi connectivity index (χ2v) is 19.9. The highest BCUT2D eigenvalue weighted by molar-refractivity contribution is 6.99. The molecule has 0 spiro atoms. The average molecular weight is 878 g/mol. The summed E-state index contributed by atoms with van der Waals surface area (Å²) in [4.78, 5) is 2.57. The normalized spacial score (nSPS) is 13.2. The van der Waals surface area contributed by atoms with Gasteiger partial charge in [-0.3, -0.25) is 0 Å². The zero-order valence-corrected chi connectivity index (χ0v) is 38.7. The first-order valence-corrected chi connectivity index (χ1v) is 24.2. The first kappa shape index (κ1) is 39.2. The summed E-state index contributed by atoms with van der Waals surface area (Å²) >= 11 is 0. The number of rotatable bonds is 6. The van der Waals surface area contributed by atoms with Gasteiger partial charge >= 0.3 is 0 Å². The minimum atomic E-state index is -0.167. The van der Waals surface area contributed by atoms with Crippen molar-refractivity contribution in [1.82, 2.24) is 9.13 Å². The van der Waals surface area contributed by atoms with Crippen molar-refractivity contribution in [3.05, 3.63) is 193 Å². The summed E-state index contributed by atoms with van der Waals surface area (Å²) in [5, 5.41) is 7.29. The van der Waals surface area contributed by atoms with Gasteiger partial charge in [-0.15, -0.1) is 0 Å². The van der Waals surface area contributed by atoms with Crippen molar-refractivity contribution in [2.24, 2.45) is 0 Å². The molecular weight excluding hydrogens is 830 g/mol. The van der Waals surface area contributed by atoms with E-state index in [2.05, 4.69) is 224 Å². The van der Waals surface area contributed by atoms with E-state index in [9.17, 15) is 0 Å². The lowest BCUT2D eigenvalue weighted by molar-refractivity contribution is 0.483. The molecule has 0 aliphatic carbocycles. The molecule has 5 nitrogen and oxygen atoms in total. The molecule has 0 fully saturated rings. The second-order valence-electron chi connectivity index (χ2n) is 19.9. The maximum Gasteiger partial charge on any atom is 0.256 e. The van der Waals surface area contributed by atoms with Gasteiger partial charge in [0.05, 0.1) is 27.8 Å². The number of hydrogen-bond donors (Lipinski definition) is 0. The van der Waals surface area contributed by atoms with Crippen LogP contribution < -0.4 is 26.0 Å². The van der Waals surface area contributed by atoms with Crippen LogP contribution in [0.4, 0.5) is 17.1 Å². The van der Waals surface area contributed by atoms with Crippen molar-refractivity contribution in [3.8, 4) is 22.9 Å². The van der Waals surface area contributed by atoms with Crippen LogP contribution in [0.25, 0.3) is 76.9 Å². The van der Waals surface area contributed by atoms with Crippen LogP contribution in [0.3, 0.4) is 0 Å². The molecule has 14 rings (SSSR count). The Balaban J connectivity index is 1.06. The SMILES string of the molecule is CCCCc1c(N2c3cc(-n4c5ccccc5c5ccccc54)ccc3B3c4ccc(-n5c6ccccc6c6ccccc65)cc4Oc4cc(C(C)(C)C)cc2c43)ccc2c1oc1ccccc12. The highest BCUT2D eigenvalue weighted by Crippen LogP contribution is 2.48. The summed E-state index contributed by atoms with van der Waals surface area (Å²) in [5.74, 6) is 1.79. The molecule has 3 aromatic heterocycles. The summed E-state index contributed by atoms with van der Waals surface area (Å²) in [7, 11) is 0. The van der Waals surface area contributed by atoms with Gasteiger partial charge in [0.15, 0.2) is 0 Å². The van der Waals surface area contributed by atoms with E-state index in [4.69, 9.17) is 9.15 Å². The van der Waals surface area contributed by atoms with Crippen molar-refractivity contribution >= 4 is 106 Å². The molecule has 9 aromatic carbocycles. The Bertz CT molecular complexity index is 3960. The zero-order chi connectivity index (χ0) is 45.4. The number of benzene rings is 9. The number of nitrogens with zero attached hydrogens (tertiary/aromatic N) is 3. The van der Waals surface area contributed by atoms with Gasteiger partial charge in [0.2, 0.25) is 0 Å². The molecule has 326 valence electrons. The standard InChI is InChI=1S/C62H48BN3O2/c1-5-6-17-47-54(33-30-46-45-22-11-16-27-57(45)68-61(46)47)66-55-36-39(64-50-23-12-7-18-41(50)42-19-8-13-24-51(42)64)28-31-48(55)63-49-32-29-40(65-52-25-14-9-20-43(52)44-21-10-15-26-53(44)65)37-58(49)67-59-35-38(62(2,3)4)34-56(66)60(59)63/h7-16,18-37H,5-6,17H2,1-4H3. The van der Waals surface area contributed by atoms with E-state index < -0.39 is 0 Å². The van der Waals surface area contributed by atoms with Crippen molar-refractivity contribution in [1.29, 1.82) is 0 Å². The summed E-state index contributed by atoms with van der Waals surface area (Å²) in [6.45, 7) is 9.12. The zero-order valence-electron chi connectivity index (χ0n) is 38.7. The van der Waals surface area contributed by atoms with E-state index in [-0.39, 0.29) is 12.1 Å². The fourth-order valence-electron chi connectivity index (χ4n) is 11.7. The fraction of sp³-hybridized carbons (Fsp3) is 0.129. The van der Waals surface area contributed by atoms with Crippen LogP contribution in [0.5, 0.6) is 11.5 Å². The predicted octanol–water partition coefficient (Wildman–Crippen LogP) is 14.8. The summed E-state index contributed by atoms with van der Waals surface area (Å²) < 4.78 is 19.1. The number of hydrogen-bond acceptors (Lipinski definition) is 3. The molecule has 2 aliphatic rings. The Hall–Kier alpha value is -7.96. The Morgan fingerprint density at radius 1 is 0.485 bits per heavy atom. The monoisotopic (exact) mass is 877 g/mol. The number of anilines is 3. The van der Waals surface area contributed by atoms with Crippen LogP contribution in [0.1, 0.15) is 51.7 Å². The van der Waals surface area contributed by atoms with Gasteiger partial charge in [-0.2, -0.15) is 0 Å². The third-order valence-electron chi connectivity index (χ3n) is 14.9. The highest BCUT2D eigenvalue weighted by Gasteiger charge is 2.44. The van der Waals surface area contributed by atoms with Crippen molar-refractivity contribution in [2.75, 3.05) is 4.90 Å². The molecule has 0 saturated heterocycles. The van der Waals surface area contributed by atoms with E-state index in [0.29, 0.717) is 0 Å². The number of para-hydroxylation sites is 5. The molecule has 12 aromatic rings. The van der Waals surface area contributed by atoms with Crippen LogP contribution in [0, 0.1) is 0 Å². The van der Waals surface area contributed by atoms with E-state index in [1.54, 1.807) is 0 Å². The largest absolute Gasteiger partial charge is 0.458 e. The van der Waals surface area contributed by atoms with Gasteiger partial charge in [0, 0.05) is 66.7 Å². The lowest BCUT2D eigenvalue weighted by Gasteiger charge is -2.42. The van der Waals surface area contributed by atoms with Gasteiger partial charge in [0.1, 0.15) is 22.7 Å². The molecular formula is C62H48BN3O2. The third-order valence-corrected chi connectivity index (χ3v) is 14.9. The molecule has 0 bridgehead atoms. The van der Waals surface area contributed by atoms with E-state index >= 15 is 0 Å². The third kappa shape index (κ3) is 5.58. The minimum Gasteiger partial charge on any atom is -0.458 e. The van der Waals surface area contributed by atoms with Crippen LogP contribution in [0.15, 0.2) is 186 Å². The summed E-state index contributed by atoms with van der Waals surface area (Å²) in [6.07, 6.45) is 3.00. The topological polar surface area (TPSA) is 35.5 Å². The average Bonchev–Trinajstić information content (AvgIpc) is 4.03. The number of aryl methyl sites for hydroxylation is 1. The van der Waals surface area contributed by atoms with Gasteiger partial charge < -0.3 is 23.2 Å². The number of unbranched alkanes of at least 4 members (excludes halogenated alkanes) is 1. The van der Waals surface area contributed by atoms with Crippen molar-refractivity contribution in [2.45, 2.75) is 52.4 Å². The predicted molar refractivity (Wildman–Crippen MR) is 286 cm³/mol. The van der Waals surface area contributed by atoms with Gasteiger partial charge in [0.25, 0.3) is 6.71 Å². The van der Waals surface area contributed by atoms with Crippen molar-refractivity contribution < 1.29 is 9.15 Å². The number of ether oxygens (including phenoxy) is 1. The molecule has 5 heterocycles. The maximum atomic E-state index is 7.34. The van der Waals surface area contributed by atoms with Gasteiger partial charge in [-0.25, -0.2) is 0 Å². The fourth-order valence-corrected chi connectivity index (χ4v) is 11.7. The van der Waals surface area contributed by atoms with Crippen LogP contribution in [-0.2, 0) is 11.8 Å². The molecule has 0 radical (unpaired) electrons. The molecule has 0 atom stereocenters. The smallest absolute Gasteiger partial charge is 0.256 e. The quantitative estimate of drug-likeness (QED) is 0.156. The van der Waals surface area contributed by atoms with Crippen LogP contribution in [0.2, 0.25) is 0 Å². The van der Waals surface area contributed by atoms with Crippen LogP contribution >= 0.6 is 0 Å². The van der Waals surface area contributed by atoms with E-state index in [0.717, 1.165) is 86.6 Å². The number of aromatic nitrogens is 2. The number of fused-ring (bicyclic) bond motifs is 13. The molecule has 68 heavy (non-hydrogen) atoms. The molecule has 0 saturated carbocycles. The first-order valence-electron chi connectivity index (χ1n) is 24.2. The summed E-state index contributed by atoms with van der Waals surface area (Å²) in [5.41, 5.74) is 18.2. The molecule has 0 unspecified atom stereocenters. The molecule has 0 amide bonds. The van der Waals surface area contributed by atoms with Gasteiger partial charge in [-0.1, -0.05) is 137 Å². The Kier molecular flexibility index (Phi) is 8.38. The minimum absolute atomic E-state index is 0.0857. The first-order chi connectivity index (χ1) is 33.3. The molecule has 0 N–H and O–H groups in total. The lowest BCUT2D eigenvalue weighted by atomic mass is 9.34. The van der Waals surface area contributed by atoms with Gasteiger partial charge in [-0.05, 0) is 113 Å². The van der Waals surface area contributed by atoms with Crippen molar-refractivity contribution in [3.63, 3.8) is 0 Å². The Labute approximate surface area is 395 Å². The number of furan rings is 1. The molecule has 6 heteroatoms. The maximum absolute atomic E-state index is 7.34. The molecule has 2 aliphatic heterocycles. The van der Waals surface area contributed by atoms with E-state index in [1.165, 1.54) is 65.7 Å².